The molecule has 0 aliphatic rings. The number of nitrogen functional groups attached to an aromatic ring is 1. The number of hydrogen-bond acceptors (Lipinski definition) is 4. The molecule has 3 rings (SSSR count). The van der Waals surface area contributed by atoms with Gasteiger partial charge in [-0.05, 0) is 35.9 Å². The molecular weight excluding hydrogens is 257 g/mol. The van der Waals surface area contributed by atoms with Crippen LogP contribution >= 0.6 is 0 Å². The Morgan fingerprint density at radius 2 is 1.95 bits per heavy atom. The normalized spacial score (nSPS) is 10.9. The van der Waals surface area contributed by atoms with Crippen molar-refractivity contribution in [3.63, 3.8) is 0 Å². The summed E-state index contributed by atoms with van der Waals surface area (Å²) in [6.07, 6.45) is 0. The molecule has 0 spiro atoms. The Morgan fingerprint density at radius 3 is 2.70 bits per heavy atom. The Bertz CT molecular complexity index is 736. The SMILES string of the molecule is CN(Cc1ccc(F)cc1)c1nc2cc(N)ccc2o1. The van der Waals surface area contributed by atoms with Crippen molar-refractivity contribution in [2.24, 2.45) is 0 Å². The van der Waals surface area contributed by atoms with Gasteiger partial charge in [0.05, 0.1) is 0 Å². The molecule has 0 fully saturated rings. The second-order valence-electron chi connectivity index (χ2n) is 4.71. The van der Waals surface area contributed by atoms with Gasteiger partial charge in [-0.1, -0.05) is 12.1 Å². The Balaban J connectivity index is 1.84. The zero-order chi connectivity index (χ0) is 14.1. The van der Waals surface area contributed by atoms with Crippen molar-refractivity contribution in [3.8, 4) is 0 Å². The highest BCUT2D eigenvalue weighted by Crippen LogP contribution is 2.23. The molecular formula is C15H14FN3O. The van der Waals surface area contributed by atoms with Gasteiger partial charge in [0.2, 0.25) is 0 Å². The standard InChI is InChI=1S/C15H14FN3O/c1-19(9-10-2-4-11(16)5-3-10)15-18-13-8-12(17)6-7-14(13)20-15/h2-8H,9,17H2,1H3. The van der Waals surface area contributed by atoms with Crippen LogP contribution in [0.5, 0.6) is 0 Å². The number of nitrogens with zero attached hydrogens (tertiary/aromatic N) is 2. The summed E-state index contributed by atoms with van der Waals surface area (Å²) in [6.45, 7) is 0.586. The van der Waals surface area contributed by atoms with Gasteiger partial charge in [-0.25, -0.2) is 4.39 Å². The summed E-state index contributed by atoms with van der Waals surface area (Å²) in [5.74, 6) is -0.242. The summed E-state index contributed by atoms with van der Waals surface area (Å²) in [4.78, 5) is 6.26. The van der Waals surface area contributed by atoms with Gasteiger partial charge >= 0.3 is 0 Å². The molecule has 0 aliphatic heterocycles. The van der Waals surface area contributed by atoms with E-state index in [-0.39, 0.29) is 5.82 Å². The number of aromatic nitrogens is 1. The molecule has 1 aromatic heterocycles. The number of rotatable bonds is 3. The fraction of sp³-hybridized carbons (Fsp3) is 0.133. The van der Waals surface area contributed by atoms with Crippen molar-refractivity contribution >= 4 is 22.8 Å². The largest absolute Gasteiger partial charge is 0.423 e. The predicted octanol–water partition coefficient (Wildman–Crippen LogP) is 3.19. The molecule has 0 atom stereocenters. The third kappa shape index (κ3) is 2.42. The number of nitrogens with two attached hydrogens (primary N) is 1. The van der Waals surface area contributed by atoms with Gasteiger partial charge in [0.1, 0.15) is 11.3 Å². The lowest BCUT2D eigenvalue weighted by Crippen LogP contribution is -2.16. The van der Waals surface area contributed by atoms with Gasteiger partial charge in [-0.2, -0.15) is 4.98 Å². The molecule has 3 aromatic rings. The number of benzene rings is 2. The average Bonchev–Trinajstić information content (AvgIpc) is 2.84. The van der Waals surface area contributed by atoms with Gasteiger partial charge in [-0.3, -0.25) is 0 Å². The number of fused-ring (bicyclic) bond motifs is 1. The maximum atomic E-state index is 12.9. The maximum absolute atomic E-state index is 12.9. The van der Waals surface area contributed by atoms with Gasteiger partial charge in [0.25, 0.3) is 6.01 Å². The highest BCUT2D eigenvalue weighted by molar-refractivity contribution is 5.78. The van der Waals surface area contributed by atoms with Gasteiger partial charge in [0, 0.05) is 19.3 Å². The highest BCUT2D eigenvalue weighted by atomic mass is 19.1. The van der Waals surface area contributed by atoms with Crippen LogP contribution < -0.4 is 10.6 Å². The fourth-order valence-corrected chi connectivity index (χ4v) is 2.03. The molecule has 2 N–H and O–H groups in total. The smallest absolute Gasteiger partial charge is 0.298 e. The molecule has 1 heterocycles. The Hall–Kier alpha value is -2.56. The van der Waals surface area contributed by atoms with E-state index in [0.717, 1.165) is 11.1 Å². The summed E-state index contributed by atoms with van der Waals surface area (Å²) < 4.78 is 18.5. The van der Waals surface area contributed by atoms with E-state index in [1.807, 2.05) is 11.9 Å². The van der Waals surface area contributed by atoms with E-state index in [1.165, 1.54) is 12.1 Å². The predicted molar refractivity (Wildman–Crippen MR) is 76.9 cm³/mol. The quantitative estimate of drug-likeness (QED) is 0.743. The second kappa shape index (κ2) is 4.85. The molecule has 0 bridgehead atoms. The van der Waals surface area contributed by atoms with E-state index in [2.05, 4.69) is 4.98 Å². The molecule has 0 saturated carbocycles. The van der Waals surface area contributed by atoms with Crippen molar-refractivity contribution < 1.29 is 8.81 Å². The molecule has 20 heavy (non-hydrogen) atoms. The van der Waals surface area contributed by atoms with Crippen LogP contribution in [0.1, 0.15) is 5.56 Å². The van der Waals surface area contributed by atoms with Crippen LogP contribution in [-0.2, 0) is 6.54 Å². The lowest BCUT2D eigenvalue weighted by molar-refractivity contribution is 0.582. The average molecular weight is 271 g/mol. The lowest BCUT2D eigenvalue weighted by atomic mass is 10.2. The van der Waals surface area contributed by atoms with Crippen LogP contribution in [0, 0.1) is 5.82 Å². The van der Waals surface area contributed by atoms with Crippen molar-refractivity contribution in [1.82, 2.24) is 4.98 Å². The first-order chi connectivity index (χ1) is 9.61. The van der Waals surface area contributed by atoms with E-state index in [0.29, 0.717) is 23.8 Å². The molecule has 2 aromatic carbocycles. The van der Waals surface area contributed by atoms with Gasteiger partial charge < -0.3 is 15.1 Å². The first kappa shape index (κ1) is 12.5. The minimum atomic E-state index is -0.242. The van der Waals surface area contributed by atoms with Crippen LogP contribution in [0.15, 0.2) is 46.9 Å². The van der Waals surface area contributed by atoms with E-state index < -0.39 is 0 Å². The molecule has 102 valence electrons. The first-order valence-electron chi connectivity index (χ1n) is 6.23. The van der Waals surface area contributed by atoms with Gasteiger partial charge in [0.15, 0.2) is 5.58 Å². The Kier molecular flexibility index (Phi) is 3.02. The lowest BCUT2D eigenvalue weighted by Gasteiger charge is -2.14. The molecule has 0 amide bonds. The zero-order valence-electron chi connectivity index (χ0n) is 11.0. The van der Waals surface area contributed by atoms with E-state index in [4.69, 9.17) is 10.2 Å². The fourth-order valence-electron chi connectivity index (χ4n) is 2.03. The van der Waals surface area contributed by atoms with Gasteiger partial charge in [-0.15, -0.1) is 0 Å². The van der Waals surface area contributed by atoms with Crippen molar-refractivity contribution in [1.29, 1.82) is 0 Å². The van der Waals surface area contributed by atoms with Crippen LogP contribution in [0.3, 0.4) is 0 Å². The Morgan fingerprint density at radius 1 is 1.20 bits per heavy atom. The van der Waals surface area contributed by atoms with E-state index in [9.17, 15) is 4.39 Å². The molecule has 0 saturated heterocycles. The summed E-state index contributed by atoms with van der Waals surface area (Å²) in [6, 6.07) is 12.2. The molecule has 0 unspecified atom stereocenters. The van der Waals surface area contributed by atoms with E-state index in [1.54, 1.807) is 30.3 Å². The third-order valence-corrected chi connectivity index (χ3v) is 3.06. The number of anilines is 2. The van der Waals surface area contributed by atoms with Crippen LogP contribution in [-0.4, -0.2) is 12.0 Å². The third-order valence-electron chi connectivity index (χ3n) is 3.06. The minimum Gasteiger partial charge on any atom is -0.423 e. The highest BCUT2D eigenvalue weighted by Gasteiger charge is 2.11. The summed E-state index contributed by atoms with van der Waals surface area (Å²) in [5, 5.41) is 0. The summed E-state index contributed by atoms with van der Waals surface area (Å²) in [7, 11) is 1.87. The number of halogens is 1. The Labute approximate surface area is 115 Å². The van der Waals surface area contributed by atoms with E-state index >= 15 is 0 Å². The van der Waals surface area contributed by atoms with Crippen LogP contribution in [0.4, 0.5) is 16.1 Å². The topological polar surface area (TPSA) is 55.3 Å². The first-order valence-corrected chi connectivity index (χ1v) is 6.23. The number of hydrogen-bond donors (Lipinski definition) is 1. The molecule has 0 radical (unpaired) electrons. The van der Waals surface area contributed by atoms with Crippen molar-refractivity contribution in [2.45, 2.75) is 6.54 Å². The number of oxazole rings is 1. The summed E-state index contributed by atoms with van der Waals surface area (Å²) in [5.41, 5.74) is 8.77. The molecule has 5 heteroatoms. The summed E-state index contributed by atoms with van der Waals surface area (Å²) >= 11 is 0. The van der Waals surface area contributed by atoms with Crippen molar-refractivity contribution in [3.05, 3.63) is 53.8 Å². The van der Waals surface area contributed by atoms with Crippen LogP contribution in [0.2, 0.25) is 0 Å². The minimum absolute atomic E-state index is 0.242. The second-order valence-corrected chi connectivity index (χ2v) is 4.71. The maximum Gasteiger partial charge on any atom is 0.298 e. The zero-order valence-corrected chi connectivity index (χ0v) is 11.0. The molecule has 4 nitrogen and oxygen atoms in total. The van der Waals surface area contributed by atoms with Crippen LogP contribution in [0.25, 0.3) is 11.1 Å². The molecule has 0 aliphatic carbocycles. The van der Waals surface area contributed by atoms with Crippen molar-refractivity contribution in [2.75, 3.05) is 17.7 Å². The monoisotopic (exact) mass is 271 g/mol.